The molecule has 3 heteroatoms. The van der Waals surface area contributed by atoms with Crippen LogP contribution in [0.5, 0.6) is 5.75 Å². The molecule has 0 saturated carbocycles. The third kappa shape index (κ3) is 5.49. The van der Waals surface area contributed by atoms with Gasteiger partial charge in [0.05, 0.1) is 0 Å². The van der Waals surface area contributed by atoms with Gasteiger partial charge in [-0.25, -0.2) is 0 Å². The second-order valence-corrected chi connectivity index (χ2v) is 6.42. The van der Waals surface area contributed by atoms with Crippen molar-refractivity contribution in [1.29, 1.82) is 0 Å². The first-order valence-electron chi connectivity index (χ1n) is 9.05. The van der Waals surface area contributed by atoms with Gasteiger partial charge in [-0.15, -0.1) is 0 Å². The van der Waals surface area contributed by atoms with Crippen LogP contribution in [0.2, 0.25) is 0 Å². The van der Waals surface area contributed by atoms with E-state index in [9.17, 15) is 4.79 Å². The summed E-state index contributed by atoms with van der Waals surface area (Å²) in [5.41, 5.74) is 2.16. The second-order valence-electron chi connectivity index (χ2n) is 6.42. The molecule has 0 atom stereocenters. The van der Waals surface area contributed by atoms with E-state index in [4.69, 9.17) is 4.74 Å². The third-order valence-corrected chi connectivity index (χ3v) is 4.46. The van der Waals surface area contributed by atoms with E-state index in [2.05, 4.69) is 0 Å². The van der Waals surface area contributed by atoms with Crippen LogP contribution in [0, 0.1) is 0 Å². The van der Waals surface area contributed by atoms with Gasteiger partial charge in [-0.1, -0.05) is 55.3 Å². The van der Waals surface area contributed by atoms with Gasteiger partial charge in [0.2, 0.25) is 5.91 Å². The van der Waals surface area contributed by atoms with Crippen molar-refractivity contribution in [2.24, 2.45) is 0 Å². The minimum absolute atomic E-state index is 0.117. The van der Waals surface area contributed by atoms with Crippen molar-refractivity contribution < 1.29 is 9.53 Å². The summed E-state index contributed by atoms with van der Waals surface area (Å²) in [7, 11) is 0. The number of hydrogen-bond donors (Lipinski definition) is 0. The number of rotatable bonds is 5. The number of carbonyl (C=O) groups excluding carboxylic acids is 1. The summed E-state index contributed by atoms with van der Waals surface area (Å²) in [5, 5.41) is 0. The first-order valence-corrected chi connectivity index (χ1v) is 9.05. The minimum Gasteiger partial charge on any atom is -0.489 e. The van der Waals surface area contributed by atoms with Gasteiger partial charge in [-0.3, -0.25) is 4.79 Å². The molecule has 3 nitrogen and oxygen atoms in total. The first-order chi connectivity index (χ1) is 12.3. The van der Waals surface area contributed by atoms with Crippen LogP contribution in [-0.4, -0.2) is 23.9 Å². The van der Waals surface area contributed by atoms with E-state index in [0.717, 1.165) is 42.8 Å². The van der Waals surface area contributed by atoms with E-state index < -0.39 is 0 Å². The Balaban J connectivity index is 1.52. The van der Waals surface area contributed by atoms with E-state index in [1.165, 1.54) is 12.8 Å². The average molecular weight is 335 g/mol. The lowest BCUT2D eigenvalue weighted by Crippen LogP contribution is -2.30. The number of nitrogens with zero attached hydrogens (tertiary/aromatic N) is 1. The van der Waals surface area contributed by atoms with Crippen LogP contribution in [0.1, 0.15) is 36.8 Å². The van der Waals surface area contributed by atoms with E-state index in [1.54, 1.807) is 6.08 Å². The van der Waals surface area contributed by atoms with Crippen LogP contribution >= 0.6 is 0 Å². The van der Waals surface area contributed by atoms with Crippen LogP contribution in [-0.2, 0) is 11.4 Å². The van der Waals surface area contributed by atoms with Gasteiger partial charge in [0.15, 0.2) is 0 Å². The van der Waals surface area contributed by atoms with Crippen LogP contribution in [0.3, 0.4) is 0 Å². The summed E-state index contributed by atoms with van der Waals surface area (Å²) >= 11 is 0. The molecule has 0 spiro atoms. The van der Waals surface area contributed by atoms with Gasteiger partial charge in [-0.05, 0) is 42.2 Å². The molecule has 130 valence electrons. The molecule has 2 aromatic rings. The lowest BCUT2D eigenvalue weighted by Gasteiger charge is -2.17. The second kappa shape index (κ2) is 9.07. The SMILES string of the molecule is O=C(C=Cc1ccc(OCc2ccccc2)cc1)N1CCCCCC1. The van der Waals surface area contributed by atoms with Gasteiger partial charge >= 0.3 is 0 Å². The summed E-state index contributed by atoms with van der Waals surface area (Å²) in [6.45, 7) is 2.33. The highest BCUT2D eigenvalue weighted by molar-refractivity contribution is 5.91. The highest BCUT2D eigenvalue weighted by Gasteiger charge is 2.12. The van der Waals surface area contributed by atoms with Crippen molar-refractivity contribution in [3.8, 4) is 5.75 Å². The lowest BCUT2D eigenvalue weighted by molar-refractivity contribution is -0.125. The summed E-state index contributed by atoms with van der Waals surface area (Å²) in [6, 6.07) is 18.0. The third-order valence-electron chi connectivity index (χ3n) is 4.46. The summed E-state index contributed by atoms with van der Waals surface area (Å²) < 4.78 is 5.78. The Bertz CT molecular complexity index is 684. The molecule has 0 bridgehead atoms. The molecular formula is C22H25NO2. The molecule has 1 aliphatic heterocycles. The largest absolute Gasteiger partial charge is 0.489 e. The molecule has 1 aliphatic rings. The van der Waals surface area contributed by atoms with Crippen molar-refractivity contribution in [3.05, 3.63) is 71.8 Å². The number of carbonyl (C=O) groups is 1. The highest BCUT2D eigenvalue weighted by atomic mass is 16.5. The number of amides is 1. The Morgan fingerprint density at radius 1 is 0.920 bits per heavy atom. The van der Waals surface area contributed by atoms with E-state index in [-0.39, 0.29) is 5.91 Å². The Morgan fingerprint density at radius 2 is 1.60 bits per heavy atom. The van der Waals surface area contributed by atoms with Crippen LogP contribution in [0.25, 0.3) is 6.08 Å². The summed E-state index contributed by atoms with van der Waals surface area (Å²) in [5.74, 6) is 0.950. The molecule has 1 saturated heterocycles. The monoisotopic (exact) mass is 335 g/mol. The number of benzene rings is 2. The maximum absolute atomic E-state index is 12.3. The van der Waals surface area contributed by atoms with Crippen LogP contribution in [0.15, 0.2) is 60.7 Å². The molecule has 0 N–H and O–H groups in total. The van der Waals surface area contributed by atoms with Crippen LogP contribution in [0.4, 0.5) is 0 Å². The van der Waals surface area contributed by atoms with Crippen molar-refractivity contribution in [1.82, 2.24) is 4.90 Å². The Morgan fingerprint density at radius 3 is 2.28 bits per heavy atom. The summed E-state index contributed by atoms with van der Waals surface area (Å²) in [6.07, 6.45) is 8.27. The lowest BCUT2D eigenvalue weighted by atomic mass is 10.2. The molecule has 0 unspecified atom stereocenters. The molecule has 25 heavy (non-hydrogen) atoms. The van der Waals surface area contributed by atoms with Crippen molar-refractivity contribution in [2.45, 2.75) is 32.3 Å². The van der Waals surface area contributed by atoms with E-state index in [0.29, 0.717) is 6.61 Å². The predicted octanol–water partition coefficient (Wildman–Crippen LogP) is 4.68. The maximum atomic E-state index is 12.3. The highest BCUT2D eigenvalue weighted by Crippen LogP contribution is 2.16. The normalized spacial score (nSPS) is 15.1. The minimum atomic E-state index is 0.117. The Kier molecular flexibility index (Phi) is 6.27. The molecule has 1 heterocycles. The zero-order valence-corrected chi connectivity index (χ0v) is 14.6. The van der Waals surface area contributed by atoms with E-state index in [1.807, 2.05) is 65.6 Å². The van der Waals surface area contributed by atoms with Crippen molar-refractivity contribution in [3.63, 3.8) is 0 Å². The molecule has 0 aromatic heterocycles. The quantitative estimate of drug-likeness (QED) is 0.742. The van der Waals surface area contributed by atoms with Gasteiger partial charge in [0.25, 0.3) is 0 Å². The molecular weight excluding hydrogens is 310 g/mol. The van der Waals surface area contributed by atoms with Gasteiger partial charge in [-0.2, -0.15) is 0 Å². The topological polar surface area (TPSA) is 29.5 Å². The molecule has 2 aromatic carbocycles. The Hall–Kier alpha value is -2.55. The van der Waals surface area contributed by atoms with Crippen molar-refractivity contribution >= 4 is 12.0 Å². The zero-order valence-electron chi connectivity index (χ0n) is 14.6. The number of hydrogen-bond acceptors (Lipinski definition) is 2. The fraction of sp³-hybridized carbons (Fsp3) is 0.318. The standard InChI is InChI=1S/C22H25NO2/c24-22(23-16-6-1-2-7-17-23)15-12-19-10-13-21(14-11-19)25-18-20-8-4-3-5-9-20/h3-5,8-15H,1-2,6-7,16-18H2. The maximum Gasteiger partial charge on any atom is 0.246 e. The zero-order chi connectivity index (χ0) is 17.3. The number of ether oxygens (including phenoxy) is 1. The Labute approximate surface area is 149 Å². The van der Waals surface area contributed by atoms with Gasteiger partial charge in [0.1, 0.15) is 12.4 Å². The van der Waals surface area contributed by atoms with Gasteiger partial charge < -0.3 is 9.64 Å². The van der Waals surface area contributed by atoms with Crippen molar-refractivity contribution in [2.75, 3.05) is 13.1 Å². The fourth-order valence-corrected chi connectivity index (χ4v) is 2.98. The van der Waals surface area contributed by atoms with Crippen LogP contribution < -0.4 is 4.74 Å². The van der Waals surface area contributed by atoms with E-state index >= 15 is 0 Å². The molecule has 0 aliphatic carbocycles. The molecule has 3 rings (SSSR count). The van der Waals surface area contributed by atoms with Gasteiger partial charge in [0, 0.05) is 19.2 Å². The smallest absolute Gasteiger partial charge is 0.246 e. The molecule has 1 fully saturated rings. The first kappa shape index (κ1) is 17.3. The fourth-order valence-electron chi connectivity index (χ4n) is 2.98. The molecule has 1 amide bonds. The predicted molar refractivity (Wildman–Crippen MR) is 101 cm³/mol. The number of likely N-dealkylation sites (tertiary alicyclic amines) is 1. The summed E-state index contributed by atoms with van der Waals surface area (Å²) in [4.78, 5) is 14.2. The average Bonchev–Trinajstić information content (AvgIpc) is 2.96. The molecule has 0 radical (unpaired) electrons.